The van der Waals surface area contributed by atoms with E-state index in [0.29, 0.717) is 11.8 Å². The summed E-state index contributed by atoms with van der Waals surface area (Å²) in [5.41, 5.74) is -1.57. The third-order valence-corrected chi connectivity index (χ3v) is 6.87. The normalized spacial score (nSPS) is 19.8. The van der Waals surface area contributed by atoms with Gasteiger partial charge in [0.05, 0.1) is 22.7 Å². The minimum Gasteiger partial charge on any atom is -0.444 e. The van der Waals surface area contributed by atoms with E-state index < -0.39 is 52.6 Å². The van der Waals surface area contributed by atoms with Gasteiger partial charge in [0.1, 0.15) is 17.2 Å². The van der Waals surface area contributed by atoms with Crippen molar-refractivity contribution in [1.29, 1.82) is 0 Å². The molecular weight excluding hydrogens is 536 g/mol. The van der Waals surface area contributed by atoms with Crippen LogP contribution in [0.3, 0.4) is 0 Å². The smallest absolute Gasteiger partial charge is 0.410 e. The number of carbonyl (C=O) groups excluding carboxylic acids is 3. The third kappa shape index (κ3) is 6.87. The number of rotatable bonds is 6. The molecule has 0 unspecified atom stereocenters. The van der Waals surface area contributed by atoms with Crippen LogP contribution in [0, 0.1) is 17.0 Å². The highest BCUT2D eigenvalue weighted by Gasteiger charge is 2.48. The van der Waals surface area contributed by atoms with Crippen LogP contribution in [0.4, 0.5) is 13.6 Å². The van der Waals surface area contributed by atoms with Crippen LogP contribution in [-0.2, 0) is 9.53 Å². The molecule has 0 aliphatic carbocycles. The average molecular weight is 570 g/mol. The van der Waals surface area contributed by atoms with E-state index in [0.717, 1.165) is 6.07 Å². The first-order valence-corrected chi connectivity index (χ1v) is 13.2. The van der Waals surface area contributed by atoms with Crippen molar-refractivity contribution in [2.45, 2.75) is 58.7 Å². The molecule has 10 nitrogen and oxygen atoms in total. The second kappa shape index (κ2) is 11.6. The first kappa shape index (κ1) is 29.6. The first-order chi connectivity index (χ1) is 19.3. The molecule has 0 radical (unpaired) electrons. The maximum Gasteiger partial charge on any atom is 0.410 e. The van der Waals surface area contributed by atoms with E-state index in [4.69, 9.17) is 9.26 Å². The molecule has 2 N–H and O–H groups in total. The van der Waals surface area contributed by atoms with E-state index in [9.17, 15) is 23.2 Å². The van der Waals surface area contributed by atoms with Crippen LogP contribution in [0.15, 0.2) is 53.2 Å². The van der Waals surface area contributed by atoms with Gasteiger partial charge < -0.3 is 24.8 Å². The molecule has 0 spiro atoms. The fourth-order valence-electron chi connectivity index (χ4n) is 4.63. The number of hydrogen-bond donors (Lipinski definition) is 2. The number of piperidine rings is 1. The standard InChI is InChI=1S/C29H33F2N5O5/c1-17(21-8-6-7-12-32-21)33-26(38)29(5)16-36(27(39)40-28(2,3)4)13-11-24(29)34-25(37)22-15-23(41-35-22)19-10-9-18(30)14-20(19)31/h6-10,12,14-15,17,24H,11,13,16H2,1-5H3,(H,33,38)(H,34,37)/t17-,24-,29-/m1/s1. The Kier molecular flexibility index (Phi) is 8.41. The van der Waals surface area contributed by atoms with Gasteiger partial charge in [0.15, 0.2) is 11.5 Å². The molecule has 218 valence electrons. The molecule has 1 aromatic carbocycles. The van der Waals surface area contributed by atoms with Gasteiger partial charge in [0, 0.05) is 37.5 Å². The second-order valence-electron chi connectivity index (χ2n) is 11.3. The molecule has 12 heteroatoms. The molecule has 3 aromatic rings. The van der Waals surface area contributed by atoms with Crippen molar-refractivity contribution < 1.29 is 32.4 Å². The number of pyridine rings is 1. The van der Waals surface area contributed by atoms with Crippen molar-refractivity contribution in [1.82, 2.24) is 25.7 Å². The average Bonchev–Trinajstić information content (AvgIpc) is 3.39. The van der Waals surface area contributed by atoms with Gasteiger partial charge in [-0.05, 0) is 65.3 Å². The molecule has 1 aliphatic rings. The lowest BCUT2D eigenvalue weighted by atomic mass is 9.76. The van der Waals surface area contributed by atoms with Gasteiger partial charge in [0.25, 0.3) is 5.91 Å². The van der Waals surface area contributed by atoms with Crippen LogP contribution >= 0.6 is 0 Å². The predicted molar refractivity (Wildman–Crippen MR) is 144 cm³/mol. The Bertz CT molecular complexity index is 1420. The summed E-state index contributed by atoms with van der Waals surface area (Å²) in [5, 5.41) is 9.55. The molecule has 41 heavy (non-hydrogen) atoms. The van der Waals surface area contributed by atoms with Gasteiger partial charge in [-0.15, -0.1) is 0 Å². The van der Waals surface area contributed by atoms with Crippen LogP contribution < -0.4 is 10.6 Å². The molecule has 4 rings (SSSR count). The van der Waals surface area contributed by atoms with Crippen LogP contribution in [0.25, 0.3) is 11.3 Å². The summed E-state index contributed by atoms with van der Waals surface area (Å²) >= 11 is 0. The number of halogens is 2. The summed E-state index contributed by atoms with van der Waals surface area (Å²) < 4.78 is 38.2. The van der Waals surface area contributed by atoms with Crippen molar-refractivity contribution in [2.24, 2.45) is 5.41 Å². The minimum absolute atomic E-state index is 0.0293. The fourth-order valence-corrected chi connectivity index (χ4v) is 4.63. The fraction of sp³-hybridized carbons (Fsp3) is 0.414. The molecule has 1 aliphatic heterocycles. The highest BCUT2D eigenvalue weighted by Crippen LogP contribution is 2.33. The second-order valence-corrected chi connectivity index (χ2v) is 11.3. The van der Waals surface area contributed by atoms with E-state index in [1.165, 1.54) is 17.0 Å². The molecule has 3 amide bonds. The lowest BCUT2D eigenvalue weighted by Gasteiger charge is -2.45. The van der Waals surface area contributed by atoms with Crippen LogP contribution in [0.5, 0.6) is 0 Å². The van der Waals surface area contributed by atoms with Gasteiger partial charge in [-0.3, -0.25) is 14.6 Å². The van der Waals surface area contributed by atoms with Crippen LogP contribution in [0.2, 0.25) is 0 Å². The minimum atomic E-state index is -1.27. The third-order valence-electron chi connectivity index (χ3n) is 6.87. The lowest BCUT2D eigenvalue weighted by molar-refractivity contribution is -0.135. The summed E-state index contributed by atoms with van der Waals surface area (Å²) in [6.45, 7) is 8.91. The number of benzene rings is 1. The van der Waals surface area contributed by atoms with Gasteiger partial charge >= 0.3 is 6.09 Å². The Labute approximate surface area is 236 Å². The van der Waals surface area contributed by atoms with Crippen molar-refractivity contribution in [3.05, 3.63) is 71.7 Å². The van der Waals surface area contributed by atoms with E-state index in [-0.39, 0.29) is 36.5 Å². The first-order valence-electron chi connectivity index (χ1n) is 13.2. The number of amides is 3. The Morgan fingerprint density at radius 2 is 1.93 bits per heavy atom. The summed E-state index contributed by atoms with van der Waals surface area (Å²) in [6.07, 6.45) is 1.29. The molecule has 0 bridgehead atoms. The maximum absolute atomic E-state index is 14.2. The Morgan fingerprint density at radius 1 is 1.17 bits per heavy atom. The number of carbonyl (C=O) groups is 3. The van der Waals surface area contributed by atoms with Gasteiger partial charge in [-0.1, -0.05) is 11.2 Å². The summed E-state index contributed by atoms with van der Waals surface area (Å²) in [5.74, 6) is -2.74. The molecular formula is C29H33F2N5O5. The predicted octanol–water partition coefficient (Wildman–Crippen LogP) is 4.64. The van der Waals surface area contributed by atoms with Gasteiger partial charge in [-0.25, -0.2) is 13.6 Å². The zero-order chi connectivity index (χ0) is 29.9. The number of nitrogens with zero attached hydrogens (tertiary/aromatic N) is 3. The molecule has 1 saturated heterocycles. The van der Waals surface area contributed by atoms with Crippen LogP contribution in [-0.4, -0.2) is 57.7 Å². The number of aromatic nitrogens is 2. The number of likely N-dealkylation sites (tertiary alicyclic amines) is 1. The quantitative estimate of drug-likeness (QED) is 0.443. The highest BCUT2D eigenvalue weighted by atomic mass is 19.1. The van der Waals surface area contributed by atoms with Crippen LogP contribution in [0.1, 0.15) is 63.3 Å². The number of hydrogen-bond acceptors (Lipinski definition) is 7. The van der Waals surface area contributed by atoms with Gasteiger partial charge in [0.2, 0.25) is 5.91 Å². The monoisotopic (exact) mass is 569 g/mol. The van der Waals surface area contributed by atoms with Crippen molar-refractivity contribution in [2.75, 3.05) is 13.1 Å². The van der Waals surface area contributed by atoms with E-state index in [2.05, 4.69) is 20.8 Å². The maximum atomic E-state index is 14.2. The highest BCUT2D eigenvalue weighted by molar-refractivity contribution is 5.94. The summed E-state index contributed by atoms with van der Waals surface area (Å²) in [6, 6.07) is 8.39. The number of ether oxygens (including phenoxy) is 1. The molecule has 2 aromatic heterocycles. The molecule has 1 fully saturated rings. The van der Waals surface area contributed by atoms with Crippen molar-refractivity contribution in [3.63, 3.8) is 0 Å². The summed E-state index contributed by atoms with van der Waals surface area (Å²) in [7, 11) is 0. The van der Waals surface area contributed by atoms with E-state index in [1.54, 1.807) is 52.9 Å². The zero-order valence-electron chi connectivity index (χ0n) is 23.5. The SMILES string of the molecule is C[C@@H](NC(=O)[C@]1(C)CN(C(=O)OC(C)(C)C)CC[C@H]1NC(=O)c1cc(-c2ccc(F)cc2F)on1)c1ccccn1. The van der Waals surface area contributed by atoms with Crippen molar-refractivity contribution in [3.8, 4) is 11.3 Å². The van der Waals surface area contributed by atoms with E-state index in [1.807, 2.05) is 6.07 Å². The van der Waals surface area contributed by atoms with Gasteiger partial charge in [-0.2, -0.15) is 0 Å². The summed E-state index contributed by atoms with van der Waals surface area (Å²) in [4.78, 5) is 45.6. The van der Waals surface area contributed by atoms with E-state index >= 15 is 0 Å². The Hall–Kier alpha value is -4.35. The molecule has 3 heterocycles. The largest absolute Gasteiger partial charge is 0.444 e. The Morgan fingerprint density at radius 3 is 2.59 bits per heavy atom. The Balaban J connectivity index is 1.56. The molecule has 0 saturated carbocycles. The zero-order valence-corrected chi connectivity index (χ0v) is 23.5. The van der Waals surface area contributed by atoms with Crippen molar-refractivity contribution >= 4 is 17.9 Å². The molecule has 3 atom stereocenters. The lowest BCUT2D eigenvalue weighted by Crippen LogP contribution is -2.63. The topological polar surface area (TPSA) is 127 Å². The number of nitrogens with one attached hydrogen (secondary N) is 2.